The lowest BCUT2D eigenvalue weighted by Crippen LogP contribution is -2.45. The average Bonchev–Trinajstić information content (AvgIpc) is 2.61. The van der Waals surface area contributed by atoms with Gasteiger partial charge in [0.15, 0.2) is 0 Å². The molecule has 1 N–H and O–H groups in total. The number of hydrogen-bond donors (Lipinski definition) is 1. The maximum absolute atomic E-state index is 11.0. The summed E-state index contributed by atoms with van der Waals surface area (Å²) >= 11 is 0. The number of nitrogens with zero attached hydrogens (tertiary/aromatic N) is 2. The first kappa shape index (κ1) is 16.5. The molecule has 0 bridgehead atoms. The minimum atomic E-state index is -0.320. The first-order valence-corrected chi connectivity index (χ1v) is 8.41. The van der Waals surface area contributed by atoms with Crippen molar-refractivity contribution >= 4 is 11.4 Å². The predicted octanol–water partition coefficient (Wildman–Crippen LogP) is 3.66. The normalized spacial score (nSPS) is 17.7. The Hall–Kier alpha value is -2.40. The van der Waals surface area contributed by atoms with E-state index in [0.717, 1.165) is 43.7 Å². The molecule has 2 aromatic rings. The Balaban J connectivity index is 1.63. The van der Waals surface area contributed by atoms with Crippen LogP contribution in [-0.4, -0.2) is 24.1 Å². The molecule has 1 atom stereocenters. The molecule has 1 unspecified atom stereocenters. The van der Waals surface area contributed by atoms with Crippen molar-refractivity contribution in [3.8, 4) is 0 Å². The molecular formula is C19H23N3O2. The molecule has 0 aliphatic carbocycles. The van der Waals surface area contributed by atoms with Gasteiger partial charge in [-0.3, -0.25) is 10.1 Å². The Morgan fingerprint density at radius 2 is 2.04 bits per heavy atom. The van der Waals surface area contributed by atoms with Crippen molar-refractivity contribution in [2.45, 2.75) is 32.4 Å². The van der Waals surface area contributed by atoms with E-state index in [0.29, 0.717) is 6.04 Å². The Labute approximate surface area is 142 Å². The van der Waals surface area contributed by atoms with Gasteiger partial charge in [0.05, 0.1) is 4.92 Å². The first-order valence-electron chi connectivity index (χ1n) is 8.41. The molecule has 24 heavy (non-hydrogen) atoms. The largest absolute Gasteiger partial charge is 0.370 e. The van der Waals surface area contributed by atoms with Gasteiger partial charge in [0, 0.05) is 43.0 Å². The van der Waals surface area contributed by atoms with Crippen LogP contribution in [0.2, 0.25) is 0 Å². The highest BCUT2D eigenvalue weighted by molar-refractivity contribution is 5.55. The Morgan fingerprint density at radius 1 is 1.25 bits per heavy atom. The second-order valence-electron chi connectivity index (χ2n) is 6.38. The summed E-state index contributed by atoms with van der Waals surface area (Å²) in [7, 11) is 0. The molecule has 1 aliphatic rings. The van der Waals surface area contributed by atoms with Crippen molar-refractivity contribution in [3.05, 3.63) is 69.8 Å². The molecule has 3 rings (SSSR count). The second-order valence-corrected chi connectivity index (χ2v) is 6.38. The van der Waals surface area contributed by atoms with Crippen LogP contribution in [0.3, 0.4) is 0 Å². The fraction of sp³-hybridized carbons (Fsp3) is 0.368. The van der Waals surface area contributed by atoms with Crippen LogP contribution in [0.15, 0.2) is 48.5 Å². The summed E-state index contributed by atoms with van der Waals surface area (Å²) in [4.78, 5) is 13.0. The first-order chi connectivity index (χ1) is 11.6. The summed E-state index contributed by atoms with van der Waals surface area (Å²) in [6.45, 7) is 4.61. The van der Waals surface area contributed by atoms with Crippen LogP contribution in [0.4, 0.5) is 11.4 Å². The molecule has 0 spiro atoms. The number of piperidine rings is 1. The van der Waals surface area contributed by atoms with Crippen molar-refractivity contribution < 1.29 is 4.92 Å². The van der Waals surface area contributed by atoms with Crippen LogP contribution >= 0.6 is 0 Å². The van der Waals surface area contributed by atoms with Crippen LogP contribution in [-0.2, 0) is 6.54 Å². The minimum Gasteiger partial charge on any atom is -0.370 e. The Bertz CT molecular complexity index is 703. The third-order valence-corrected chi connectivity index (χ3v) is 4.60. The quantitative estimate of drug-likeness (QED) is 0.673. The number of nitro groups is 1. The maximum Gasteiger partial charge on any atom is 0.272 e. The van der Waals surface area contributed by atoms with E-state index in [2.05, 4.69) is 34.5 Å². The molecule has 1 aliphatic heterocycles. The number of aryl methyl sites for hydroxylation is 1. The number of nitrogens with one attached hydrogen (secondary N) is 1. The van der Waals surface area contributed by atoms with E-state index in [9.17, 15) is 10.1 Å². The van der Waals surface area contributed by atoms with Gasteiger partial charge in [-0.1, -0.05) is 30.3 Å². The summed E-state index contributed by atoms with van der Waals surface area (Å²) in [6, 6.07) is 16.3. The topological polar surface area (TPSA) is 58.4 Å². The van der Waals surface area contributed by atoms with Gasteiger partial charge in [-0.15, -0.1) is 0 Å². The SMILES string of the molecule is Cc1cc(N2CCCC(NCc3ccccc3)C2)ccc1[N+](=O)[O-]. The molecule has 0 aromatic heterocycles. The third kappa shape index (κ3) is 3.92. The van der Waals surface area contributed by atoms with E-state index in [1.807, 2.05) is 18.2 Å². The Kier molecular flexibility index (Phi) is 5.11. The lowest BCUT2D eigenvalue weighted by molar-refractivity contribution is -0.385. The van der Waals surface area contributed by atoms with Gasteiger partial charge < -0.3 is 10.2 Å². The molecule has 5 nitrogen and oxygen atoms in total. The van der Waals surface area contributed by atoms with Crippen molar-refractivity contribution in [2.24, 2.45) is 0 Å². The molecule has 126 valence electrons. The summed E-state index contributed by atoms with van der Waals surface area (Å²) in [5.74, 6) is 0. The number of benzene rings is 2. The summed E-state index contributed by atoms with van der Waals surface area (Å²) in [6.07, 6.45) is 2.29. The van der Waals surface area contributed by atoms with Gasteiger partial charge in [0.25, 0.3) is 5.69 Å². The van der Waals surface area contributed by atoms with E-state index < -0.39 is 0 Å². The highest BCUT2D eigenvalue weighted by atomic mass is 16.6. The molecule has 0 amide bonds. The van der Waals surface area contributed by atoms with Crippen molar-refractivity contribution in [1.82, 2.24) is 5.32 Å². The Morgan fingerprint density at radius 3 is 2.75 bits per heavy atom. The number of hydrogen-bond acceptors (Lipinski definition) is 4. The third-order valence-electron chi connectivity index (χ3n) is 4.60. The van der Waals surface area contributed by atoms with Gasteiger partial charge in [-0.2, -0.15) is 0 Å². The molecule has 0 radical (unpaired) electrons. The smallest absolute Gasteiger partial charge is 0.272 e. The van der Waals surface area contributed by atoms with E-state index in [-0.39, 0.29) is 10.6 Å². The molecule has 1 heterocycles. The molecule has 1 saturated heterocycles. The molecular weight excluding hydrogens is 302 g/mol. The average molecular weight is 325 g/mol. The van der Waals surface area contributed by atoms with Crippen LogP contribution in [0, 0.1) is 17.0 Å². The van der Waals surface area contributed by atoms with Crippen molar-refractivity contribution in [2.75, 3.05) is 18.0 Å². The zero-order chi connectivity index (χ0) is 16.9. The highest BCUT2D eigenvalue weighted by Gasteiger charge is 2.21. The molecule has 2 aromatic carbocycles. The lowest BCUT2D eigenvalue weighted by Gasteiger charge is -2.35. The fourth-order valence-corrected chi connectivity index (χ4v) is 3.28. The van der Waals surface area contributed by atoms with E-state index in [1.54, 1.807) is 13.0 Å². The lowest BCUT2D eigenvalue weighted by atomic mass is 10.0. The van der Waals surface area contributed by atoms with E-state index in [1.165, 1.54) is 5.56 Å². The standard InChI is InChI=1S/C19H23N3O2/c1-15-12-18(9-10-19(15)22(23)24)21-11-5-8-17(14-21)20-13-16-6-3-2-4-7-16/h2-4,6-7,9-10,12,17,20H,5,8,11,13-14H2,1H3. The van der Waals surface area contributed by atoms with Crippen LogP contribution in [0.1, 0.15) is 24.0 Å². The maximum atomic E-state index is 11.0. The second kappa shape index (κ2) is 7.45. The number of nitro benzene ring substituents is 1. The van der Waals surface area contributed by atoms with Gasteiger partial charge in [0.2, 0.25) is 0 Å². The zero-order valence-electron chi connectivity index (χ0n) is 13.9. The van der Waals surface area contributed by atoms with Crippen molar-refractivity contribution in [3.63, 3.8) is 0 Å². The summed E-state index contributed by atoms with van der Waals surface area (Å²) in [5.41, 5.74) is 3.27. The fourth-order valence-electron chi connectivity index (χ4n) is 3.28. The van der Waals surface area contributed by atoms with E-state index >= 15 is 0 Å². The number of rotatable bonds is 5. The predicted molar refractivity (Wildman–Crippen MR) is 96.4 cm³/mol. The minimum absolute atomic E-state index is 0.189. The molecule has 0 saturated carbocycles. The monoisotopic (exact) mass is 325 g/mol. The molecule has 1 fully saturated rings. The highest BCUT2D eigenvalue weighted by Crippen LogP contribution is 2.26. The van der Waals surface area contributed by atoms with Gasteiger partial charge in [-0.25, -0.2) is 0 Å². The summed E-state index contributed by atoms with van der Waals surface area (Å²) in [5, 5.41) is 14.6. The van der Waals surface area contributed by atoms with Crippen molar-refractivity contribution in [1.29, 1.82) is 0 Å². The zero-order valence-corrected chi connectivity index (χ0v) is 13.9. The van der Waals surface area contributed by atoms with Gasteiger partial charge in [-0.05, 0) is 37.5 Å². The van der Waals surface area contributed by atoms with Gasteiger partial charge >= 0.3 is 0 Å². The van der Waals surface area contributed by atoms with Crippen LogP contribution in [0.5, 0.6) is 0 Å². The van der Waals surface area contributed by atoms with E-state index in [4.69, 9.17) is 0 Å². The summed E-state index contributed by atoms with van der Waals surface area (Å²) < 4.78 is 0. The molecule has 5 heteroatoms. The van der Waals surface area contributed by atoms with Crippen LogP contribution in [0.25, 0.3) is 0 Å². The number of anilines is 1. The van der Waals surface area contributed by atoms with Gasteiger partial charge in [0.1, 0.15) is 0 Å². The van der Waals surface area contributed by atoms with Crippen LogP contribution < -0.4 is 10.2 Å².